The monoisotopic (exact) mass is 1070 g/mol. The van der Waals surface area contributed by atoms with Crippen molar-refractivity contribution in [2.75, 3.05) is 14.2 Å². The quantitative estimate of drug-likeness (QED) is 0.0331. The number of amides is 2. The largest absolute Gasteiger partial charge is 0.507 e. The van der Waals surface area contributed by atoms with Gasteiger partial charge in [0.25, 0.3) is 10.1 Å². The average molecular weight is 1080 g/mol. The number of hydrogen-bond acceptors (Lipinski definition) is 14. The Bertz CT molecular complexity index is 2970. The third kappa shape index (κ3) is 11.6. The smallest absolute Gasteiger partial charge is 0.307 e. The van der Waals surface area contributed by atoms with E-state index in [4.69, 9.17) is 15.2 Å². The van der Waals surface area contributed by atoms with Crippen molar-refractivity contribution in [3.63, 3.8) is 0 Å². The Morgan fingerprint density at radius 2 is 1.41 bits per heavy atom. The zero-order chi connectivity index (χ0) is 55.9. The lowest BCUT2D eigenvalue weighted by Gasteiger charge is -2.40. The molecule has 0 radical (unpaired) electrons. The first-order valence-corrected chi connectivity index (χ1v) is 27.3. The molecular weight excluding hydrogens is 1000 g/mol. The van der Waals surface area contributed by atoms with Crippen molar-refractivity contribution >= 4 is 56.4 Å². The number of aromatic hydroxyl groups is 4. The molecule has 0 aromatic heterocycles. The summed E-state index contributed by atoms with van der Waals surface area (Å²) in [6.07, 6.45) is 7.37. The molecular formula is C56H74N4O15S. The minimum atomic E-state index is -5.23. The summed E-state index contributed by atoms with van der Waals surface area (Å²) in [5, 5.41) is 79.3. The first kappa shape index (κ1) is 57.7. The lowest BCUT2D eigenvalue weighted by Crippen LogP contribution is -2.52. The van der Waals surface area contributed by atoms with Crippen LogP contribution >= 0.6 is 0 Å². The number of hydrogen-bond donors (Lipinski definition) is 11. The molecule has 4 aliphatic rings. The number of nitrogens with one attached hydrogen (secondary N) is 3. The van der Waals surface area contributed by atoms with Gasteiger partial charge in [-0.2, -0.15) is 8.42 Å². The van der Waals surface area contributed by atoms with Crippen LogP contribution in [-0.2, 0) is 45.2 Å². The number of carboxylic acids is 2. The number of carbonyl (C=O) groups excluding carboxylic acids is 2. The van der Waals surface area contributed by atoms with Crippen molar-refractivity contribution in [2.24, 2.45) is 40.2 Å². The van der Waals surface area contributed by atoms with Crippen molar-refractivity contribution in [1.82, 2.24) is 16.0 Å². The summed E-state index contributed by atoms with van der Waals surface area (Å²) in [5.41, 5.74) is 4.51. The number of methoxy groups -OCH3 is 2. The molecule has 20 heteroatoms. The Balaban J connectivity index is 1.35. The summed E-state index contributed by atoms with van der Waals surface area (Å²) < 4.78 is 50.3. The molecule has 12 N–H and O–H groups in total. The van der Waals surface area contributed by atoms with Gasteiger partial charge in [0.2, 0.25) is 11.8 Å². The number of fused-ring (bicyclic) bond motifs is 4. The van der Waals surface area contributed by atoms with Crippen LogP contribution < -0.4 is 21.7 Å². The predicted octanol–water partition coefficient (Wildman–Crippen LogP) is 7.62. The van der Waals surface area contributed by atoms with E-state index in [1.807, 2.05) is 20.8 Å². The number of rotatable bonds is 18. The Morgan fingerprint density at radius 1 is 0.789 bits per heavy atom. The van der Waals surface area contributed by atoms with E-state index in [1.54, 1.807) is 57.2 Å². The molecule has 7 rings (SSSR count). The van der Waals surface area contributed by atoms with Crippen LogP contribution in [0.3, 0.4) is 0 Å². The maximum atomic E-state index is 15.5. The van der Waals surface area contributed by atoms with Crippen LogP contribution in [0.15, 0.2) is 47.4 Å². The Labute approximate surface area is 443 Å². The minimum absolute atomic E-state index is 0.0196. The lowest BCUT2D eigenvalue weighted by atomic mass is 9.68. The summed E-state index contributed by atoms with van der Waals surface area (Å²) in [7, 11) is -2.80. The normalized spacial score (nSPS) is 21.4. The number of aliphatic carboxylic acids is 2. The molecule has 19 nitrogen and oxygen atoms in total. The predicted molar refractivity (Wildman–Crippen MR) is 284 cm³/mol. The number of phenolic OH excluding ortho intramolecular Hbond substituents is 4. The molecule has 2 amide bonds. The number of allylic oxidation sites excluding steroid dienone is 1. The van der Waals surface area contributed by atoms with E-state index in [0.717, 1.165) is 32.1 Å². The molecule has 1 fully saturated rings. The topological polar surface area (TPSA) is 325 Å². The molecule has 9 unspecified atom stereocenters. The molecule has 0 spiro atoms. The van der Waals surface area contributed by atoms with E-state index < -0.39 is 128 Å². The lowest BCUT2D eigenvalue weighted by molar-refractivity contribution is -0.162. The van der Waals surface area contributed by atoms with Crippen LogP contribution in [0.2, 0.25) is 0 Å². The van der Waals surface area contributed by atoms with E-state index in [1.165, 1.54) is 26.4 Å². The molecule has 3 aromatic rings. The molecule has 0 aliphatic heterocycles. The van der Waals surface area contributed by atoms with E-state index >= 15 is 9.59 Å². The first-order valence-electron chi connectivity index (χ1n) is 25.9. The maximum Gasteiger partial charge on any atom is 0.307 e. The fraction of sp³-hybridized carbons (Fsp3) is 0.536. The van der Waals surface area contributed by atoms with Crippen molar-refractivity contribution < 1.29 is 72.3 Å². The van der Waals surface area contributed by atoms with E-state index in [2.05, 4.69) is 16.0 Å². The van der Waals surface area contributed by atoms with Crippen molar-refractivity contribution in [3.05, 3.63) is 80.8 Å². The highest BCUT2D eigenvalue weighted by Gasteiger charge is 2.51. The van der Waals surface area contributed by atoms with Crippen LogP contribution in [0.5, 0.6) is 23.0 Å². The van der Waals surface area contributed by atoms with E-state index in [0.29, 0.717) is 23.8 Å². The van der Waals surface area contributed by atoms with Gasteiger partial charge in [0.15, 0.2) is 0 Å². The molecule has 9 atom stereocenters. The summed E-state index contributed by atoms with van der Waals surface area (Å²) >= 11 is 0. The Morgan fingerprint density at radius 3 is 1.96 bits per heavy atom. The van der Waals surface area contributed by atoms with Crippen LogP contribution in [0.4, 0.5) is 0 Å². The molecule has 76 heavy (non-hydrogen) atoms. The minimum Gasteiger partial charge on any atom is -0.507 e. The molecule has 414 valence electrons. The van der Waals surface area contributed by atoms with Gasteiger partial charge in [-0.3, -0.25) is 23.7 Å². The second-order valence-corrected chi connectivity index (χ2v) is 24.5. The number of benzene rings is 3. The van der Waals surface area contributed by atoms with Gasteiger partial charge in [0, 0.05) is 71.3 Å². The first-order chi connectivity index (χ1) is 35.6. The second kappa shape index (κ2) is 22.5. The van der Waals surface area contributed by atoms with Gasteiger partial charge in [0.05, 0.1) is 64.1 Å². The third-order valence-electron chi connectivity index (χ3n) is 15.7. The standard InChI is InChI=1S/C56H74N4O15S/c1-55(2,3)26-37(75-8)39(51(65)60-46-38(76(71,72)73)25-35(58-27-16-10-9-11-17-27)42-44(46)50(64)31-21-15-14-20-30(31)49(42)63)32(53(67)68)24-36(74-7)43(45(54(69)70)56(4,5)6)52(66)59-34-23-22-33(57)40-41(34)48(62)29-19-13-12-18-28(29)47(40)61/h12-13,15,18-19,21-23,27,32-37,39,43,45,58,61-64H,9-11,14,16-17,20,24-26,57H2,1-8H3,(H,59,66)(H,60,65)(H,67,68)(H,69,70)(H,71,72,73). The molecule has 0 bridgehead atoms. The number of carbonyl (C=O) groups is 4. The van der Waals surface area contributed by atoms with Gasteiger partial charge in [-0.25, -0.2) is 0 Å². The zero-order valence-corrected chi connectivity index (χ0v) is 45.2. The van der Waals surface area contributed by atoms with Crippen LogP contribution in [0.1, 0.15) is 151 Å². The maximum absolute atomic E-state index is 15.5. The fourth-order valence-electron chi connectivity index (χ4n) is 12.2. The van der Waals surface area contributed by atoms with Crippen molar-refractivity contribution in [2.45, 2.75) is 142 Å². The van der Waals surface area contributed by atoms with Crippen molar-refractivity contribution in [1.29, 1.82) is 0 Å². The number of nitrogens with two attached hydrogens (primary N) is 1. The number of ether oxygens (including phenoxy) is 2. The van der Waals surface area contributed by atoms with Gasteiger partial charge < -0.3 is 61.8 Å². The van der Waals surface area contributed by atoms with Crippen LogP contribution in [0, 0.1) is 34.5 Å². The summed E-state index contributed by atoms with van der Waals surface area (Å²) in [6, 6.07) is 3.26. The van der Waals surface area contributed by atoms with E-state index in [9.17, 15) is 53.2 Å². The fourth-order valence-corrected chi connectivity index (χ4v) is 12.9. The molecule has 0 heterocycles. The summed E-state index contributed by atoms with van der Waals surface area (Å²) in [6.45, 7) is 10.2. The number of carboxylic acid groups (broad SMARTS) is 2. The zero-order valence-electron chi connectivity index (χ0n) is 44.3. The van der Waals surface area contributed by atoms with E-state index in [-0.39, 0.29) is 62.9 Å². The van der Waals surface area contributed by atoms with Gasteiger partial charge in [0.1, 0.15) is 23.0 Å². The summed E-state index contributed by atoms with van der Waals surface area (Å²) in [4.78, 5) is 57.5. The van der Waals surface area contributed by atoms with Gasteiger partial charge in [-0.05, 0) is 49.4 Å². The van der Waals surface area contributed by atoms with Gasteiger partial charge in [-0.15, -0.1) is 0 Å². The second-order valence-electron chi connectivity index (χ2n) is 23.0. The molecule has 1 saturated carbocycles. The highest BCUT2D eigenvalue weighted by Crippen LogP contribution is 2.52. The summed E-state index contributed by atoms with van der Waals surface area (Å²) in [5.74, 6) is -13.4. The number of phenols is 4. The molecule has 0 saturated heterocycles. The highest BCUT2D eigenvalue weighted by molar-refractivity contribution is 7.90. The molecule has 3 aromatic carbocycles. The highest BCUT2D eigenvalue weighted by atomic mass is 32.2. The van der Waals surface area contributed by atoms with Crippen LogP contribution in [-0.4, -0.2) is 99.8 Å². The van der Waals surface area contributed by atoms with Crippen molar-refractivity contribution in [3.8, 4) is 23.0 Å². The van der Waals surface area contributed by atoms with Gasteiger partial charge >= 0.3 is 11.9 Å². The SMILES string of the molecule is COC(CC(C)(C)C)C(C(=O)NC1=C(S(=O)(=O)O)CC(NC2CCCCC2)c2c(O)c3c(c(O)c21)C=CCC3)C(CC(OC)C(C(=O)NC1C=CC(N)c2c1c(O)c1ccccc1c2O)C(C(=O)O)C(C)(C)C)C(=O)O. The average Bonchev–Trinajstić information content (AvgIpc) is 3.36. The molecule has 4 aliphatic carbocycles. The van der Waals surface area contributed by atoms with Gasteiger partial charge in [-0.1, -0.05) is 109 Å². The van der Waals surface area contributed by atoms with Crippen LogP contribution in [0.25, 0.3) is 22.5 Å². The Hall–Kier alpha value is -6.03. The third-order valence-corrected chi connectivity index (χ3v) is 16.6. The Kier molecular flexibility index (Phi) is 17.1.